The average molecular weight is 363 g/mol. The fourth-order valence-corrected chi connectivity index (χ4v) is 5.41. The summed E-state index contributed by atoms with van der Waals surface area (Å²) >= 11 is 0. The Morgan fingerprint density at radius 3 is 2.81 bits per heavy atom. The topological polar surface area (TPSA) is 20.3 Å². The molecule has 4 heteroatoms. The van der Waals surface area contributed by atoms with Crippen LogP contribution in [0.1, 0.15) is 59.3 Å². The molecule has 26 heavy (non-hydrogen) atoms. The van der Waals surface area contributed by atoms with E-state index in [1.54, 1.807) is 6.08 Å². The summed E-state index contributed by atoms with van der Waals surface area (Å²) in [4.78, 5) is 15.4. The highest BCUT2D eigenvalue weighted by Gasteiger charge is 2.55. The van der Waals surface area contributed by atoms with Crippen molar-refractivity contribution in [2.75, 3.05) is 13.1 Å². The van der Waals surface area contributed by atoms with E-state index in [9.17, 15) is 13.6 Å². The number of rotatable bonds is 4. The maximum atomic E-state index is 13.7. The summed E-state index contributed by atoms with van der Waals surface area (Å²) in [6, 6.07) is 0. The molecule has 3 atom stereocenters. The second-order valence-electron chi connectivity index (χ2n) is 8.76. The fraction of sp³-hybridized carbons (Fsp3) is 0.682. The Kier molecular flexibility index (Phi) is 5.15. The summed E-state index contributed by atoms with van der Waals surface area (Å²) in [6.45, 7) is 9.81. The lowest BCUT2D eigenvalue weighted by molar-refractivity contribution is -0.143. The van der Waals surface area contributed by atoms with Gasteiger partial charge in [0.2, 0.25) is 5.91 Å². The molecule has 0 saturated heterocycles. The minimum absolute atomic E-state index is 0.0763. The predicted molar refractivity (Wildman–Crippen MR) is 101 cm³/mol. The van der Waals surface area contributed by atoms with Gasteiger partial charge in [-0.05, 0) is 62.5 Å². The monoisotopic (exact) mass is 363 g/mol. The fourth-order valence-electron chi connectivity index (χ4n) is 5.41. The first-order valence-corrected chi connectivity index (χ1v) is 9.88. The Balaban J connectivity index is 1.83. The second kappa shape index (κ2) is 6.94. The van der Waals surface area contributed by atoms with Crippen molar-refractivity contribution in [2.45, 2.75) is 65.2 Å². The lowest BCUT2D eigenvalue weighted by Crippen LogP contribution is -2.46. The van der Waals surface area contributed by atoms with Crippen molar-refractivity contribution in [1.82, 2.24) is 4.90 Å². The van der Waals surface area contributed by atoms with E-state index < -0.39 is 5.92 Å². The number of carbonyl (C=O) groups excluding carboxylic acids is 1. The van der Waals surface area contributed by atoms with Gasteiger partial charge in [0.05, 0.1) is 5.41 Å². The third-order valence-corrected chi connectivity index (χ3v) is 6.79. The number of amides is 1. The number of fused-ring (bicyclic) bond motifs is 1. The van der Waals surface area contributed by atoms with E-state index in [2.05, 4.69) is 13.5 Å². The zero-order valence-electron chi connectivity index (χ0n) is 16.3. The molecule has 0 aromatic heterocycles. The van der Waals surface area contributed by atoms with Gasteiger partial charge < -0.3 is 4.90 Å². The molecule has 1 amide bonds. The summed E-state index contributed by atoms with van der Waals surface area (Å²) in [5, 5.41) is 0. The van der Waals surface area contributed by atoms with E-state index >= 15 is 0 Å². The van der Waals surface area contributed by atoms with Gasteiger partial charge in [-0.3, -0.25) is 4.79 Å². The third kappa shape index (κ3) is 3.39. The maximum Gasteiger partial charge on any atom is 0.270 e. The van der Waals surface area contributed by atoms with Crippen molar-refractivity contribution < 1.29 is 13.6 Å². The number of allylic oxidation sites excluding steroid dienone is 2. The highest BCUT2D eigenvalue weighted by Crippen LogP contribution is 2.57. The predicted octanol–water partition coefficient (Wildman–Crippen LogP) is 5.52. The zero-order chi connectivity index (χ0) is 19.1. The molecule has 144 valence electrons. The Morgan fingerprint density at radius 1 is 1.42 bits per heavy atom. The molecule has 2 aliphatic carbocycles. The van der Waals surface area contributed by atoms with E-state index in [0.29, 0.717) is 24.9 Å². The van der Waals surface area contributed by atoms with Crippen LogP contribution in [0.3, 0.4) is 0 Å². The van der Waals surface area contributed by atoms with Crippen LogP contribution in [-0.4, -0.2) is 29.8 Å². The van der Waals surface area contributed by atoms with Gasteiger partial charge in [0.15, 0.2) is 0 Å². The largest absolute Gasteiger partial charge is 0.338 e. The number of alkyl halides is 2. The number of nitrogens with zero attached hydrogens (tertiary/aromatic N) is 1. The molecule has 1 heterocycles. The molecule has 2 saturated carbocycles. The van der Waals surface area contributed by atoms with Gasteiger partial charge in [-0.15, -0.1) is 0 Å². The first-order chi connectivity index (χ1) is 12.2. The maximum absolute atomic E-state index is 13.7. The van der Waals surface area contributed by atoms with Crippen molar-refractivity contribution in [3.05, 3.63) is 35.5 Å². The molecule has 0 bridgehead atoms. The molecule has 2 fully saturated rings. The number of hydrogen-bond donors (Lipinski definition) is 0. The smallest absolute Gasteiger partial charge is 0.270 e. The van der Waals surface area contributed by atoms with E-state index in [-0.39, 0.29) is 16.9 Å². The van der Waals surface area contributed by atoms with Crippen LogP contribution in [0, 0.1) is 17.3 Å². The van der Waals surface area contributed by atoms with E-state index in [1.807, 2.05) is 11.8 Å². The molecule has 0 spiro atoms. The van der Waals surface area contributed by atoms with Crippen LogP contribution >= 0.6 is 0 Å². The van der Waals surface area contributed by atoms with Crippen molar-refractivity contribution in [2.24, 2.45) is 17.3 Å². The summed E-state index contributed by atoms with van der Waals surface area (Å²) in [6.07, 6.45) is 8.98. The van der Waals surface area contributed by atoms with Crippen LogP contribution in [0.4, 0.5) is 8.78 Å². The second-order valence-corrected chi connectivity index (χ2v) is 8.76. The quantitative estimate of drug-likeness (QED) is 0.602. The Hall–Kier alpha value is -1.45. The third-order valence-electron chi connectivity index (χ3n) is 6.79. The number of hydrogen-bond acceptors (Lipinski definition) is 1. The molecule has 0 aromatic rings. The highest BCUT2D eigenvalue weighted by atomic mass is 19.3. The molecule has 3 aliphatic rings. The molecule has 3 unspecified atom stereocenters. The van der Waals surface area contributed by atoms with Crippen molar-refractivity contribution >= 4 is 5.91 Å². The first kappa shape index (κ1) is 19.3. The van der Waals surface area contributed by atoms with Crippen LogP contribution in [0.15, 0.2) is 35.5 Å². The number of carbonyl (C=O) groups is 1. The Labute approximate surface area is 156 Å². The van der Waals surface area contributed by atoms with Gasteiger partial charge >= 0.3 is 0 Å². The summed E-state index contributed by atoms with van der Waals surface area (Å²) < 4.78 is 27.5. The van der Waals surface area contributed by atoms with Crippen molar-refractivity contribution in [1.29, 1.82) is 0 Å². The Bertz CT molecular complexity index is 658. The minimum Gasteiger partial charge on any atom is -0.338 e. The molecular formula is C22H31F2NO. The van der Waals surface area contributed by atoms with Crippen LogP contribution in [0.2, 0.25) is 0 Å². The zero-order valence-corrected chi connectivity index (χ0v) is 16.3. The van der Waals surface area contributed by atoms with Gasteiger partial charge in [-0.25, -0.2) is 8.78 Å². The van der Waals surface area contributed by atoms with E-state index in [1.165, 1.54) is 6.08 Å². The van der Waals surface area contributed by atoms with E-state index in [0.717, 1.165) is 56.6 Å². The molecular weight excluding hydrogens is 332 g/mol. The number of halogens is 2. The molecule has 3 rings (SSSR count). The SMILES string of the molecule is C=C/C(=C\C1=C(C)CCN(C(=O)C23CCCC2CC(C)C3)C1)C(C)(F)F. The van der Waals surface area contributed by atoms with Crippen LogP contribution < -0.4 is 0 Å². The molecule has 0 aromatic carbocycles. The normalized spacial score (nSPS) is 32.8. The summed E-state index contributed by atoms with van der Waals surface area (Å²) in [5.41, 5.74) is 1.68. The van der Waals surface area contributed by atoms with E-state index in [4.69, 9.17) is 0 Å². The molecule has 0 N–H and O–H groups in total. The standard InChI is InChI=1S/C22H31F2NO/c1-5-18(21(4,23)24)12-17-14-25(10-8-16(17)3)20(26)22-9-6-7-19(22)11-15(2)13-22/h5,12,15,19H,1,6-11,13-14H2,2-4H3/b18-12+. The average Bonchev–Trinajstić information content (AvgIpc) is 3.08. The van der Waals surface area contributed by atoms with Crippen LogP contribution in [0.25, 0.3) is 0 Å². The Morgan fingerprint density at radius 2 is 2.15 bits per heavy atom. The molecule has 0 radical (unpaired) electrons. The van der Waals surface area contributed by atoms with Gasteiger partial charge in [-0.1, -0.05) is 31.6 Å². The first-order valence-electron chi connectivity index (χ1n) is 9.88. The lowest BCUT2D eigenvalue weighted by atomic mass is 9.78. The van der Waals surface area contributed by atoms with Crippen molar-refractivity contribution in [3.8, 4) is 0 Å². The van der Waals surface area contributed by atoms with Gasteiger partial charge in [0.25, 0.3) is 5.92 Å². The van der Waals surface area contributed by atoms with Gasteiger partial charge in [0, 0.05) is 25.6 Å². The highest BCUT2D eigenvalue weighted by molar-refractivity contribution is 5.84. The summed E-state index contributed by atoms with van der Waals surface area (Å²) in [5.74, 6) is -1.53. The van der Waals surface area contributed by atoms with Crippen LogP contribution in [0.5, 0.6) is 0 Å². The summed E-state index contributed by atoms with van der Waals surface area (Å²) in [7, 11) is 0. The van der Waals surface area contributed by atoms with Gasteiger partial charge in [0.1, 0.15) is 0 Å². The minimum atomic E-state index is -2.92. The molecule has 2 nitrogen and oxygen atoms in total. The van der Waals surface area contributed by atoms with Gasteiger partial charge in [-0.2, -0.15) is 0 Å². The molecule has 1 aliphatic heterocycles. The van der Waals surface area contributed by atoms with Crippen molar-refractivity contribution in [3.63, 3.8) is 0 Å². The van der Waals surface area contributed by atoms with Crippen LogP contribution in [-0.2, 0) is 4.79 Å². The lowest BCUT2D eigenvalue weighted by Gasteiger charge is -2.38.